The molecule has 0 aromatic heterocycles. The summed E-state index contributed by atoms with van der Waals surface area (Å²) in [6, 6.07) is 1.43. The lowest BCUT2D eigenvalue weighted by molar-refractivity contribution is -0.386. The molecule has 6 nitrogen and oxygen atoms in total. The van der Waals surface area contributed by atoms with E-state index in [2.05, 4.69) is 0 Å². The van der Waals surface area contributed by atoms with Crippen LogP contribution in [0.4, 0.5) is 14.5 Å². The number of hydrogen-bond donors (Lipinski definition) is 0. The number of carbonyl (C=O) groups excluding carboxylic acids is 1. The largest absolute Gasteiger partial charge is 0.481 e. The molecule has 1 rings (SSSR count). The summed E-state index contributed by atoms with van der Waals surface area (Å²) in [5.74, 6) is -4.11. The van der Waals surface area contributed by atoms with E-state index in [4.69, 9.17) is 9.47 Å². The second-order valence-corrected chi connectivity index (χ2v) is 3.70. The molecule has 0 aliphatic rings. The highest BCUT2D eigenvalue weighted by atomic mass is 19.2. The fraction of sp³-hybridized carbons (Fsp3) is 0.364. The molecule has 1 atom stereocenters. The van der Waals surface area contributed by atoms with E-state index in [1.807, 2.05) is 0 Å². The van der Waals surface area contributed by atoms with Gasteiger partial charge in [0.1, 0.15) is 12.7 Å². The predicted octanol–water partition coefficient (Wildman–Crippen LogP) is 2.20. The molecule has 0 radical (unpaired) electrons. The maximum Gasteiger partial charge on any atom is 0.314 e. The van der Waals surface area contributed by atoms with Gasteiger partial charge in [-0.25, -0.2) is 4.39 Å². The minimum absolute atomic E-state index is 0.333. The van der Waals surface area contributed by atoms with E-state index in [0.717, 1.165) is 6.07 Å². The van der Waals surface area contributed by atoms with Gasteiger partial charge in [0.2, 0.25) is 11.6 Å². The monoisotopic (exact) mass is 275 g/mol. The summed E-state index contributed by atoms with van der Waals surface area (Å²) in [5, 5.41) is 10.7. The van der Waals surface area contributed by atoms with Gasteiger partial charge in [0, 0.05) is 13.0 Å². The number of esters is 1. The van der Waals surface area contributed by atoms with Gasteiger partial charge in [-0.1, -0.05) is 0 Å². The standard InChI is InChI=1S/C11H11F2NO5/c1-6(19-7(2)15)5-18-11-9(14(16)17)4-3-8(12)10(11)13/h3-4,6H,5H2,1-2H3. The van der Waals surface area contributed by atoms with Crippen LogP contribution in [0.15, 0.2) is 12.1 Å². The zero-order valence-corrected chi connectivity index (χ0v) is 10.2. The summed E-state index contributed by atoms with van der Waals surface area (Å²) in [7, 11) is 0. The first-order chi connectivity index (χ1) is 8.82. The minimum atomic E-state index is -1.45. The number of rotatable bonds is 5. The van der Waals surface area contributed by atoms with E-state index in [9.17, 15) is 23.7 Å². The number of hydrogen-bond acceptors (Lipinski definition) is 5. The molecule has 0 saturated heterocycles. The molecule has 1 aromatic carbocycles. The molecule has 0 aliphatic carbocycles. The Bertz CT molecular complexity index is 506. The summed E-state index contributed by atoms with van der Waals surface area (Å²) in [6.07, 6.45) is -0.750. The van der Waals surface area contributed by atoms with Gasteiger partial charge in [-0.3, -0.25) is 14.9 Å². The van der Waals surface area contributed by atoms with Crippen LogP contribution in [-0.2, 0) is 9.53 Å². The first kappa shape index (κ1) is 14.8. The van der Waals surface area contributed by atoms with Crippen molar-refractivity contribution in [3.63, 3.8) is 0 Å². The van der Waals surface area contributed by atoms with Crippen molar-refractivity contribution >= 4 is 11.7 Å². The smallest absolute Gasteiger partial charge is 0.314 e. The van der Waals surface area contributed by atoms with E-state index in [1.54, 1.807) is 0 Å². The number of nitrogens with zero attached hydrogens (tertiary/aromatic N) is 1. The van der Waals surface area contributed by atoms with Crippen LogP contribution in [0.1, 0.15) is 13.8 Å². The highest BCUT2D eigenvalue weighted by Gasteiger charge is 2.24. The predicted molar refractivity (Wildman–Crippen MR) is 59.7 cm³/mol. The van der Waals surface area contributed by atoms with Crippen molar-refractivity contribution in [1.82, 2.24) is 0 Å². The fourth-order valence-electron chi connectivity index (χ4n) is 1.32. The Morgan fingerprint density at radius 1 is 1.47 bits per heavy atom. The first-order valence-corrected chi connectivity index (χ1v) is 5.25. The van der Waals surface area contributed by atoms with Crippen LogP contribution in [0.25, 0.3) is 0 Å². The number of halogens is 2. The summed E-state index contributed by atoms with van der Waals surface area (Å²) in [6.45, 7) is 2.28. The first-order valence-electron chi connectivity index (χ1n) is 5.25. The molecule has 0 spiro atoms. The summed E-state index contributed by atoms with van der Waals surface area (Å²) >= 11 is 0. The maximum absolute atomic E-state index is 13.4. The van der Waals surface area contributed by atoms with Crippen molar-refractivity contribution < 1.29 is 28.0 Å². The van der Waals surface area contributed by atoms with Crippen molar-refractivity contribution in [2.75, 3.05) is 6.61 Å². The van der Waals surface area contributed by atoms with Gasteiger partial charge in [-0.15, -0.1) is 0 Å². The zero-order valence-electron chi connectivity index (χ0n) is 10.2. The Morgan fingerprint density at radius 3 is 2.63 bits per heavy atom. The molecule has 1 aromatic rings. The third kappa shape index (κ3) is 3.87. The van der Waals surface area contributed by atoms with Crippen LogP contribution < -0.4 is 4.74 Å². The topological polar surface area (TPSA) is 78.7 Å². The average molecular weight is 275 g/mol. The van der Waals surface area contributed by atoms with Crippen LogP contribution in [0.2, 0.25) is 0 Å². The fourth-order valence-corrected chi connectivity index (χ4v) is 1.32. The third-order valence-corrected chi connectivity index (χ3v) is 2.06. The lowest BCUT2D eigenvalue weighted by Gasteiger charge is -2.13. The van der Waals surface area contributed by atoms with Crippen LogP contribution in [0.3, 0.4) is 0 Å². The molecule has 0 N–H and O–H groups in total. The Hall–Kier alpha value is -2.25. The lowest BCUT2D eigenvalue weighted by Crippen LogP contribution is -2.21. The molecular formula is C11H11F2NO5. The number of carbonyl (C=O) groups is 1. The van der Waals surface area contributed by atoms with Crippen LogP contribution >= 0.6 is 0 Å². The van der Waals surface area contributed by atoms with Crippen molar-refractivity contribution in [2.24, 2.45) is 0 Å². The van der Waals surface area contributed by atoms with Gasteiger partial charge in [-0.05, 0) is 13.0 Å². The van der Waals surface area contributed by atoms with Gasteiger partial charge in [0.05, 0.1) is 4.92 Å². The molecule has 19 heavy (non-hydrogen) atoms. The second kappa shape index (κ2) is 6.07. The quantitative estimate of drug-likeness (QED) is 0.467. The molecule has 104 valence electrons. The molecule has 0 heterocycles. The van der Waals surface area contributed by atoms with E-state index >= 15 is 0 Å². The van der Waals surface area contributed by atoms with Crippen molar-refractivity contribution in [3.05, 3.63) is 33.9 Å². The molecule has 0 saturated carbocycles. The van der Waals surface area contributed by atoms with Crippen molar-refractivity contribution in [2.45, 2.75) is 20.0 Å². The van der Waals surface area contributed by atoms with Gasteiger partial charge in [0.25, 0.3) is 0 Å². The minimum Gasteiger partial charge on any atom is -0.481 e. The Balaban J connectivity index is 2.90. The van der Waals surface area contributed by atoms with E-state index in [0.29, 0.717) is 6.07 Å². The van der Waals surface area contributed by atoms with Gasteiger partial charge in [-0.2, -0.15) is 4.39 Å². The lowest BCUT2D eigenvalue weighted by atomic mass is 10.2. The maximum atomic E-state index is 13.4. The summed E-state index contributed by atoms with van der Waals surface area (Å²) < 4.78 is 35.9. The molecule has 0 amide bonds. The second-order valence-electron chi connectivity index (χ2n) is 3.70. The summed E-state index contributed by atoms with van der Waals surface area (Å²) in [5.41, 5.74) is -0.700. The molecule has 0 fully saturated rings. The number of nitro benzene ring substituents is 1. The molecule has 0 aliphatic heterocycles. The normalized spacial score (nSPS) is 11.8. The van der Waals surface area contributed by atoms with E-state index in [-0.39, 0.29) is 6.61 Å². The molecule has 8 heteroatoms. The van der Waals surface area contributed by atoms with E-state index < -0.39 is 40.1 Å². The van der Waals surface area contributed by atoms with Gasteiger partial charge in [0.15, 0.2) is 5.82 Å². The van der Waals surface area contributed by atoms with Gasteiger partial charge >= 0.3 is 11.7 Å². The average Bonchev–Trinajstić information content (AvgIpc) is 2.29. The Labute approximate surface area is 107 Å². The van der Waals surface area contributed by atoms with Crippen LogP contribution in [0, 0.1) is 21.7 Å². The SMILES string of the molecule is CC(=O)OC(C)COc1c([N+](=O)[O-])ccc(F)c1F. The highest BCUT2D eigenvalue weighted by molar-refractivity contribution is 5.66. The Kier molecular flexibility index (Phi) is 4.74. The highest BCUT2D eigenvalue weighted by Crippen LogP contribution is 2.31. The van der Waals surface area contributed by atoms with Gasteiger partial charge < -0.3 is 9.47 Å². The molecular weight excluding hydrogens is 264 g/mol. The molecule has 0 bridgehead atoms. The zero-order chi connectivity index (χ0) is 14.6. The van der Waals surface area contributed by atoms with Crippen LogP contribution in [0.5, 0.6) is 5.75 Å². The molecule has 1 unspecified atom stereocenters. The number of benzene rings is 1. The summed E-state index contributed by atoms with van der Waals surface area (Å²) in [4.78, 5) is 20.4. The van der Waals surface area contributed by atoms with Crippen molar-refractivity contribution in [1.29, 1.82) is 0 Å². The number of nitro groups is 1. The van der Waals surface area contributed by atoms with E-state index in [1.165, 1.54) is 13.8 Å². The Morgan fingerprint density at radius 2 is 2.11 bits per heavy atom. The third-order valence-electron chi connectivity index (χ3n) is 2.06. The van der Waals surface area contributed by atoms with Crippen molar-refractivity contribution in [3.8, 4) is 5.75 Å². The van der Waals surface area contributed by atoms with Crippen LogP contribution in [-0.4, -0.2) is 23.6 Å². The number of ether oxygens (including phenoxy) is 2.